The lowest BCUT2D eigenvalue weighted by Crippen LogP contribution is -2.36. The summed E-state index contributed by atoms with van der Waals surface area (Å²) in [7, 11) is 3.85. The fourth-order valence-electron chi connectivity index (χ4n) is 5.03. The Hall–Kier alpha value is -2.95. The molecule has 3 rings (SSSR count). The highest BCUT2D eigenvalue weighted by atomic mass is 19.1. The van der Waals surface area contributed by atoms with E-state index in [1.54, 1.807) is 0 Å². The van der Waals surface area contributed by atoms with Gasteiger partial charge in [-0.05, 0) is 75.2 Å². The number of carbonyl (C=O) groups excluding carboxylic acids is 2. The molecule has 0 aromatic heterocycles. The molecule has 1 aromatic rings. The van der Waals surface area contributed by atoms with Crippen molar-refractivity contribution in [1.82, 2.24) is 10.2 Å². The van der Waals surface area contributed by atoms with E-state index >= 15 is 0 Å². The van der Waals surface area contributed by atoms with Gasteiger partial charge in [0.1, 0.15) is 18.0 Å². The van der Waals surface area contributed by atoms with Gasteiger partial charge in [0.05, 0.1) is 25.7 Å². The Bertz CT molecular complexity index is 1070. The maximum absolute atomic E-state index is 14.6. The van der Waals surface area contributed by atoms with Gasteiger partial charge in [-0.1, -0.05) is 26.0 Å². The number of cyclic esters (lactones) is 1. The van der Waals surface area contributed by atoms with Gasteiger partial charge < -0.3 is 34.4 Å². The van der Waals surface area contributed by atoms with Crippen molar-refractivity contribution >= 4 is 23.8 Å². The first kappa shape index (κ1) is 32.6. The lowest BCUT2D eigenvalue weighted by Gasteiger charge is -2.29. The summed E-state index contributed by atoms with van der Waals surface area (Å²) in [6.45, 7) is 9.42. The highest BCUT2D eigenvalue weighted by molar-refractivity contribution is 5.71. The second-order valence-electron chi connectivity index (χ2n) is 11.4. The van der Waals surface area contributed by atoms with Crippen molar-refractivity contribution in [2.45, 2.75) is 58.3 Å². The zero-order valence-corrected chi connectivity index (χ0v) is 25.0. The van der Waals surface area contributed by atoms with Gasteiger partial charge in [-0.15, -0.1) is 0 Å². The molecular weight excluding hydrogens is 529 g/mol. The Kier molecular flexibility index (Phi) is 12.6. The average Bonchev–Trinajstić information content (AvgIpc) is 2.91. The molecule has 9 nitrogen and oxygen atoms in total. The topological polar surface area (TPSA) is 101 Å². The molecule has 1 fully saturated rings. The van der Waals surface area contributed by atoms with Crippen LogP contribution < -0.4 is 10.2 Å². The van der Waals surface area contributed by atoms with Crippen LogP contribution in [0, 0.1) is 17.7 Å². The number of amides is 1. The summed E-state index contributed by atoms with van der Waals surface area (Å²) >= 11 is 0. The predicted octanol–water partition coefficient (Wildman–Crippen LogP) is 4.01. The number of aliphatic hydroxyl groups is 1. The maximum atomic E-state index is 14.6. The third-order valence-electron chi connectivity index (χ3n) is 7.45. The molecule has 2 heterocycles. The summed E-state index contributed by atoms with van der Waals surface area (Å²) in [6.07, 6.45) is 3.79. The molecule has 41 heavy (non-hydrogen) atoms. The van der Waals surface area contributed by atoms with Crippen LogP contribution in [0.3, 0.4) is 0 Å². The normalized spacial score (nSPS) is 27.4. The first-order chi connectivity index (χ1) is 19.5. The lowest BCUT2D eigenvalue weighted by molar-refractivity contribution is -0.151. The number of nitrogens with one attached hydrogen (secondary N) is 1. The monoisotopic (exact) mass is 575 g/mol. The molecule has 2 aliphatic heterocycles. The van der Waals surface area contributed by atoms with Crippen molar-refractivity contribution in [3.63, 3.8) is 0 Å². The van der Waals surface area contributed by atoms with Crippen LogP contribution in [-0.2, 0) is 19.0 Å². The molecule has 0 spiro atoms. The van der Waals surface area contributed by atoms with Gasteiger partial charge in [-0.25, -0.2) is 9.18 Å². The molecule has 2 N–H and O–H groups in total. The largest absolute Gasteiger partial charge is 0.457 e. The SMILES string of the molecule is C/C(=C\c1cc(F)cc(N2CCOCC2)c1)[C@H]1OC(=O)C[C@H](O)CC[C@H](C)[C@@H](OC(=O)NCCN(C)C)/C=C/[C@@H]1C. The Morgan fingerprint density at radius 3 is 2.63 bits per heavy atom. The first-order valence-corrected chi connectivity index (χ1v) is 14.5. The van der Waals surface area contributed by atoms with Gasteiger partial charge in [0.15, 0.2) is 0 Å². The van der Waals surface area contributed by atoms with Gasteiger partial charge in [0.25, 0.3) is 0 Å². The summed E-state index contributed by atoms with van der Waals surface area (Å²) in [5, 5.41) is 13.3. The fraction of sp³-hybridized carbons (Fsp3) is 0.613. The lowest BCUT2D eigenvalue weighted by atomic mass is 9.91. The number of aliphatic hydroxyl groups excluding tert-OH is 1. The van der Waals surface area contributed by atoms with Gasteiger partial charge >= 0.3 is 12.1 Å². The van der Waals surface area contributed by atoms with E-state index < -0.39 is 30.4 Å². The van der Waals surface area contributed by atoms with Gasteiger partial charge in [-0.2, -0.15) is 0 Å². The smallest absolute Gasteiger partial charge is 0.407 e. The molecular formula is C31H46FN3O6. The van der Waals surface area contributed by atoms with Crippen LogP contribution in [0.4, 0.5) is 14.9 Å². The molecule has 0 saturated carbocycles. The summed E-state index contributed by atoms with van der Waals surface area (Å²) in [6, 6.07) is 4.88. The number of hydrogen-bond donors (Lipinski definition) is 2. The van der Waals surface area contributed by atoms with E-state index in [-0.39, 0.29) is 24.1 Å². The van der Waals surface area contributed by atoms with Crippen molar-refractivity contribution in [2.24, 2.45) is 11.8 Å². The first-order valence-electron chi connectivity index (χ1n) is 14.5. The third kappa shape index (κ3) is 10.8. The number of nitrogens with zero attached hydrogens (tertiary/aromatic N) is 2. The average molecular weight is 576 g/mol. The number of hydrogen-bond acceptors (Lipinski definition) is 8. The number of halogens is 1. The molecule has 0 aliphatic carbocycles. The number of ether oxygens (including phenoxy) is 3. The third-order valence-corrected chi connectivity index (χ3v) is 7.45. The number of likely N-dealkylation sites (N-methyl/N-ethyl adjacent to an activating group) is 1. The number of anilines is 1. The van der Waals surface area contributed by atoms with Crippen molar-refractivity contribution < 1.29 is 33.3 Å². The standard InChI is InChI=1S/C31H46FN3O6/c1-21-6-8-27(36)20-29(37)41-30(22(2)7-9-28(21)40-31(38)33-10-11-34(4)5)23(3)16-24-17-25(32)19-26(18-24)35-12-14-39-15-13-35/h7,9,16-19,21-22,27-28,30,36H,6,8,10-15,20H2,1-5H3,(H,33,38)/b9-7+,23-16+/t21-,22-,27+,28-,30-/m0/s1. The van der Waals surface area contributed by atoms with E-state index in [9.17, 15) is 19.1 Å². The van der Waals surface area contributed by atoms with Crippen molar-refractivity contribution in [3.8, 4) is 0 Å². The molecule has 1 saturated heterocycles. The molecule has 0 bridgehead atoms. The Morgan fingerprint density at radius 2 is 1.93 bits per heavy atom. The van der Waals surface area contributed by atoms with Crippen molar-refractivity contribution in [3.05, 3.63) is 47.3 Å². The van der Waals surface area contributed by atoms with Crippen LogP contribution in [0.15, 0.2) is 35.9 Å². The van der Waals surface area contributed by atoms with E-state index in [1.807, 2.05) is 64.1 Å². The van der Waals surface area contributed by atoms with Gasteiger partial charge in [0, 0.05) is 37.8 Å². The molecule has 10 heteroatoms. The van der Waals surface area contributed by atoms with E-state index in [0.29, 0.717) is 57.8 Å². The number of esters is 1. The number of alkyl carbamates (subject to hydrolysis) is 1. The van der Waals surface area contributed by atoms with E-state index in [0.717, 1.165) is 11.3 Å². The van der Waals surface area contributed by atoms with Crippen LogP contribution in [-0.4, -0.2) is 93.9 Å². The molecule has 0 unspecified atom stereocenters. The van der Waals surface area contributed by atoms with Crippen molar-refractivity contribution in [2.75, 3.05) is 58.4 Å². The van der Waals surface area contributed by atoms with Crippen molar-refractivity contribution in [1.29, 1.82) is 0 Å². The minimum atomic E-state index is -0.873. The van der Waals surface area contributed by atoms with E-state index in [1.165, 1.54) is 12.1 Å². The van der Waals surface area contributed by atoms with Crippen LogP contribution in [0.2, 0.25) is 0 Å². The fourth-order valence-corrected chi connectivity index (χ4v) is 5.03. The Labute approximate surface area is 243 Å². The summed E-state index contributed by atoms with van der Waals surface area (Å²) in [5.41, 5.74) is 2.16. The summed E-state index contributed by atoms with van der Waals surface area (Å²) in [5.74, 6) is -1.21. The van der Waals surface area contributed by atoms with Gasteiger partial charge in [-0.3, -0.25) is 4.79 Å². The molecule has 228 valence electrons. The second kappa shape index (κ2) is 15.9. The van der Waals surface area contributed by atoms with Crippen LogP contribution in [0.5, 0.6) is 0 Å². The maximum Gasteiger partial charge on any atom is 0.407 e. The molecule has 5 atom stereocenters. The minimum absolute atomic E-state index is 0.0795. The Morgan fingerprint density at radius 1 is 1.20 bits per heavy atom. The quantitative estimate of drug-likeness (QED) is 0.372. The van der Waals surface area contributed by atoms with Gasteiger partial charge in [0.2, 0.25) is 0 Å². The van der Waals surface area contributed by atoms with E-state index in [2.05, 4.69) is 10.2 Å². The van der Waals surface area contributed by atoms with Crippen LogP contribution in [0.1, 0.15) is 45.6 Å². The predicted molar refractivity (Wildman–Crippen MR) is 157 cm³/mol. The molecule has 1 aromatic carbocycles. The number of morpholine rings is 1. The number of benzene rings is 1. The highest BCUT2D eigenvalue weighted by Crippen LogP contribution is 2.27. The zero-order chi connectivity index (χ0) is 29.9. The highest BCUT2D eigenvalue weighted by Gasteiger charge is 2.27. The van der Waals surface area contributed by atoms with Crippen LogP contribution >= 0.6 is 0 Å². The number of carbonyl (C=O) groups is 2. The molecule has 1 amide bonds. The van der Waals surface area contributed by atoms with Crippen LogP contribution in [0.25, 0.3) is 6.08 Å². The molecule has 2 aliphatic rings. The minimum Gasteiger partial charge on any atom is -0.457 e. The second-order valence-corrected chi connectivity index (χ2v) is 11.4. The summed E-state index contributed by atoms with van der Waals surface area (Å²) in [4.78, 5) is 29.3. The molecule has 0 radical (unpaired) electrons. The zero-order valence-electron chi connectivity index (χ0n) is 25.0. The Balaban J connectivity index is 1.83. The van der Waals surface area contributed by atoms with E-state index in [4.69, 9.17) is 14.2 Å². The summed E-state index contributed by atoms with van der Waals surface area (Å²) < 4.78 is 31.6. The number of rotatable bonds is 7.